The van der Waals surface area contributed by atoms with Gasteiger partial charge in [-0.2, -0.15) is 11.3 Å². The van der Waals surface area contributed by atoms with E-state index in [-0.39, 0.29) is 12.5 Å². The number of rotatable bonds is 3. The second-order valence-corrected chi connectivity index (χ2v) is 5.03. The third kappa shape index (κ3) is 3.47. The fourth-order valence-corrected chi connectivity index (χ4v) is 2.49. The maximum absolute atomic E-state index is 12.2. The Bertz CT molecular complexity index is 651. The van der Waals surface area contributed by atoms with Crippen LogP contribution in [-0.2, 0) is 6.54 Å². The van der Waals surface area contributed by atoms with Crippen molar-refractivity contribution in [2.75, 3.05) is 6.61 Å². The zero-order valence-electron chi connectivity index (χ0n) is 11.1. The summed E-state index contributed by atoms with van der Waals surface area (Å²) >= 11 is 1.61. The number of amides is 1. The van der Waals surface area contributed by atoms with E-state index in [9.17, 15) is 4.79 Å². The van der Waals surface area contributed by atoms with Crippen LogP contribution in [0.2, 0.25) is 0 Å². The zero-order chi connectivity index (χ0) is 14.4. The lowest BCUT2D eigenvalue weighted by atomic mass is 10.0. The van der Waals surface area contributed by atoms with Gasteiger partial charge in [-0.05, 0) is 47.0 Å². The number of thiophene rings is 1. The van der Waals surface area contributed by atoms with Crippen molar-refractivity contribution < 1.29 is 9.90 Å². The van der Waals surface area contributed by atoms with Crippen LogP contribution in [0, 0.1) is 18.8 Å². The van der Waals surface area contributed by atoms with Crippen LogP contribution < -0.4 is 5.32 Å². The molecule has 0 spiro atoms. The summed E-state index contributed by atoms with van der Waals surface area (Å²) in [7, 11) is 0. The van der Waals surface area contributed by atoms with Gasteiger partial charge in [-0.25, -0.2) is 0 Å². The predicted molar refractivity (Wildman–Crippen MR) is 80.6 cm³/mol. The predicted octanol–water partition coefficient (Wildman–Crippen LogP) is 2.33. The van der Waals surface area contributed by atoms with Gasteiger partial charge in [-0.3, -0.25) is 4.79 Å². The molecule has 0 saturated heterocycles. The summed E-state index contributed by atoms with van der Waals surface area (Å²) in [5, 5.41) is 15.6. The molecule has 0 unspecified atom stereocenters. The molecule has 3 nitrogen and oxygen atoms in total. The standard InChI is InChI=1S/C16H15NO2S/c1-12-14(5-3-8-18)4-2-6-15(12)16(19)17-10-13-7-9-20-11-13/h2,4,6-7,9,11,18H,8,10H2,1H3,(H,17,19). The fraction of sp³-hybridized carbons (Fsp3) is 0.188. The molecule has 0 aliphatic carbocycles. The number of carbonyl (C=O) groups excluding carboxylic acids is 1. The van der Waals surface area contributed by atoms with Gasteiger partial charge >= 0.3 is 0 Å². The first-order valence-electron chi connectivity index (χ1n) is 6.21. The van der Waals surface area contributed by atoms with Gasteiger partial charge in [-0.1, -0.05) is 17.9 Å². The molecule has 102 valence electrons. The molecule has 1 aromatic carbocycles. The van der Waals surface area contributed by atoms with Crippen LogP contribution in [0.5, 0.6) is 0 Å². The average molecular weight is 285 g/mol. The number of hydrogen-bond acceptors (Lipinski definition) is 3. The number of hydrogen-bond donors (Lipinski definition) is 2. The number of carbonyl (C=O) groups is 1. The Kier molecular flexibility index (Phi) is 4.94. The summed E-state index contributed by atoms with van der Waals surface area (Å²) in [6.07, 6.45) is 0. The molecule has 0 saturated carbocycles. The summed E-state index contributed by atoms with van der Waals surface area (Å²) in [4.78, 5) is 12.2. The van der Waals surface area contributed by atoms with E-state index in [2.05, 4.69) is 17.2 Å². The van der Waals surface area contributed by atoms with Crippen molar-refractivity contribution in [3.8, 4) is 11.8 Å². The topological polar surface area (TPSA) is 49.3 Å². The fourth-order valence-electron chi connectivity index (χ4n) is 1.82. The van der Waals surface area contributed by atoms with Gasteiger partial charge in [0.1, 0.15) is 6.61 Å². The Hall–Kier alpha value is -2.09. The normalized spacial score (nSPS) is 9.70. The monoisotopic (exact) mass is 285 g/mol. The lowest BCUT2D eigenvalue weighted by molar-refractivity contribution is 0.0950. The molecule has 2 aromatic rings. The van der Waals surface area contributed by atoms with Crippen LogP contribution in [0.3, 0.4) is 0 Å². The minimum atomic E-state index is -0.186. The largest absolute Gasteiger partial charge is 0.384 e. The Morgan fingerprint density at radius 2 is 2.25 bits per heavy atom. The molecule has 0 aliphatic rings. The van der Waals surface area contributed by atoms with Gasteiger partial charge in [-0.15, -0.1) is 0 Å². The molecule has 0 bridgehead atoms. The van der Waals surface area contributed by atoms with Crippen LogP contribution in [0.4, 0.5) is 0 Å². The van der Waals surface area contributed by atoms with E-state index in [0.29, 0.717) is 12.1 Å². The van der Waals surface area contributed by atoms with E-state index in [1.54, 1.807) is 23.5 Å². The van der Waals surface area contributed by atoms with Crippen molar-refractivity contribution >= 4 is 17.2 Å². The molecule has 1 aromatic heterocycles. The smallest absolute Gasteiger partial charge is 0.251 e. The molecule has 0 aliphatic heterocycles. The Morgan fingerprint density at radius 3 is 2.95 bits per heavy atom. The summed E-state index contributed by atoms with van der Waals surface area (Å²) in [5.41, 5.74) is 3.31. The Labute approximate surface area is 122 Å². The van der Waals surface area contributed by atoms with Crippen LogP contribution in [0.1, 0.15) is 27.0 Å². The maximum atomic E-state index is 12.2. The number of benzene rings is 1. The summed E-state index contributed by atoms with van der Waals surface area (Å²) in [5.74, 6) is 5.34. The van der Waals surface area contributed by atoms with Crippen LogP contribution in [-0.4, -0.2) is 17.6 Å². The highest BCUT2D eigenvalue weighted by Gasteiger charge is 2.10. The van der Waals surface area contributed by atoms with E-state index in [1.165, 1.54) is 0 Å². The van der Waals surface area contributed by atoms with Gasteiger partial charge < -0.3 is 10.4 Å². The lowest BCUT2D eigenvalue weighted by Crippen LogP contribution is -2.23. The third-order valence-corrected chi connectivity index (χ3v) is 3.65. The van der Waals surface area contributed by atoms with Crippen molar-refractivity contribution in [1.29, 1.82) is 0 Å². The molecule has 4 heteroatoms. The first-order valence-corrected chi connectivity index (χ1v) is 7.15. The molecule has 2 N–H and O–H groups in total. The van der Waals surface area contributed by atoms with Crippen molar-refractivity contribution in [3.63, 3.8) is 0 Å². The summed E-state index contributed by atoms with van der Waals surface area (Å²) in [6, 6.07) is 7.41. The van der Waals surface area contributed by atoms with Gasteiger partial charge in [0.2, 0.25) is 0 Å². The molecular weight excluding hydrogens is 270 g/mol. The van der Waals surface area contributed by atoms with Crippen molar-refractivity contribution in [3.05, 3.63) is 57.3 Å². The van der Waals surface area contributed by atoms with Crippen molar-refractivity contribution in [2.45, 2.75) is 13.5 Å². The highest BCUT2D eigenvalue weighted by atomic mass is 32.1. The van der Waals surface area contributed by atoms with Gasteiger partial charge in [0.05, 0.1) is 0 Å². The lowest BCUT2D eigenvalue weighted by Gasteiger charge is -2.08. The highest BCUT2D eigenvalue weighted by Crippen LogP contribution is 2.13. The van der Waals surface area contributed by atoms with Gasteiger partial charge in [0, 0.05) is 17.7 Å². The third-order valence-electron chi connectivity index (χ3n) is 2.91. The average Bonchev–Trinajstić information content (AvgIpc) is 2.97. The van der Waals surface area contributed by atoms with Crippen LogP contribution >= 0.6 is 11.3 Å². The van der Waals surface area contributed by atoms with E-state index in [4.69, 9.17) is 5.11 Å². The molecule has 1 amide bonds. The Balaban J connectivity index is 2.13. The Morgan fingerprint density at radius 1 is 1.40 bits per heavy atom. The van der Waals surface area contributed by atoms with Gasteiger partial charge in [0.15, 0.2) is 0 Å². The second-order valence-electron chi connectivity index (χ2n) is 4.25. The van der Waals surface area contributed by atoms with E-state index in [0.717, 1.165) is 16.7 Å². The first kappa shape index (κ1) is 14.3. The van der Waals surface area contributed by atoms with E-state index >= 15 is 0 Å². The summed E-state index contributed by atoms with van der Waals surface area (Å²) < 4.78 is 0. The number of nitrogens with one attached hydrogen (secondary N) is 1. The summed E-state index contributed by atoms with van der Waals surface area (Å²) in [6.45, 7) is 2.20. The van der Waals surface area contributed by atoms with Crippen molar-refractivity contribution in [1.82, 2.24) is 5.32 Å². The minimum Gasteiger partial charge on any atom is -0.384 e. The molecule has 20 heavy (non-hydrogen) atoms. The van der Waals surface area contributed by atoms with Crippen molar-refractivity contribution in [2.24, 2.45) is 0 Å². The van der Waals surface area contributed by atoms with Gasteiger partial charge in [0.25, 0.3) is 5.91 Å². The molecular formula is C16H15NO2S. The number of aliphatic hydroxyl groups excluding tert-OH is 1. The highest BCUT2D eigenvalue weighted by molar-refractivity contribution is 7.07. The molecule has 1 heterocycles. The van der Waals surface area contributed by atoms with Crippen LogP contribution in [0.15, 0.2) is 35.0 Å². The quantitative estimate of drug-likeness (QED) is 0.850. The van der Waals surface area contributed by atoms with Crippen LogP contribution in [0.25, 0.3) is 0 Å². The second kappa shape index (κ2) is 6.90. The molecule has 0 atom stereocenters. The molecule has 0 radical (unpaired) electrons. The SMILES string of the molecule is Cc1c(C#CCO)cccc1C(=O)NCc1ccsc1. The minimum absolute atomic E-state index is 0.110. The first-order chi connectivity index (χ1) is 9.72. The maximum Gasteiger partial charge on any atom is 0.251 e. The number of aliphatic hydroxyl groups is 1. The molecule has 2 rings (SSSR count). The zero-order valence-corrected chi connectivity index (χ0v) is 12.0. The van der Waals surface area contributed by atoms with E-state index < -0.39 is 0 Å². The van der Waals surface area contributed by atoms with E-state index in [1.807, 2.05) is 29.8 Å². The molecule has 0 fully saturated rings.